The van der Waals surface area contributed by atoms with E-state index in [1.54, 1.807) is 0 Å². The normalized spacial score (nSPS) is 11.9. The van der Waals surface area contributed by atoms with Gasteiger partial charge in [-0.2, -0.15) is 0 Å². The molecule has 0 aromatic heterocycles. The van der Waals surface area contributed by atoms with Crippen LogP contribution in [0.2, 0.25) is 0 Å². The van der Waals surface area contributed by atoms with Crippen molar-refractivity contribution >= 4 is 58.4 Å². The highest BCUT2D eigenvalue weighted by Crippen LogP contribution is 2.42. The van der Waals surface area contributed by atoms with Crippen LogP contribution in [0.4, 0.5) is 34.1 Å². The molecule has 0 unspecified atom stereocenters. The molecule has 0 amide bonds. The van der Waals surface area contributed by atoms with E-state index >= 15 is 0 Å². The molecular weight excluding hydrogens is 773 g/mol. The summed E-state index contributed by atoms with van der Waals surface area (Å²) < 4.78 is 0. The predicted molar refractivity (Wildman–Crippen MR) is 282 cm³/mol. The molecule has 0 heterocycles. The number of benzene rings is 7. The lowest BCUT2D eigenvalue weighted by atomic mass is 9.97. The van der Waals surface area contributed by atoms with Gasteiger partial charge in [0.25, 0.3) is 0 Å². The van der Waals surface area contributed by atoms with Gasteiger partial charge in [-0.05, 0) is 167 Å². The molecule has 0 saturated carbocycles. The molecule has 0 atom stereocenters. The highest BCUT2D eigenvalue weighted by molar-refractivity contribution is 5.83. The van der Waals surface area contributed by atoms with Crippen molar-refractivity contribution in [2.75, 3.05) is 9.80 Å². The van der Waals surface area contributed by atoms with Crippen molar-refractivity contribution in [2.24, 2.45) is 0 Å². The number of anilines is 6. The molecule has 0 spiro atoms. The molecule has 0 radical (unpaired) electrons. The quantitative estimate of drug-likeness (QED) is 0.101. The first-order chi connectivity index (χ1) is 30.7. The maximum Gasteiger partial charge on any atom is 0.0491 e. The van der Waals surface area contributed by atoms with Crippen LogP contribution in [-0.2, 0) is 0 Å². The largest absolute Gasteiger partial charge is 0.310 e. The Bertz CT molecular complexity index is 2440. The molecule has 7 aromatic rings. The third kappa shape index (κ3) is 10.5. The summed E-state index contributed by atoms with van der Waals surface area (Å²) in [5, 5.41) is 0. The molecule has 64 heavy (non-hydrogen) atoms. The Labute approximate surface area is 385 Å². The molecule has 0 saturated heterocycles. The zero-order valence-corrected chi connectivity index (χ0v) is 40.4. The van der Waals surface area contributed by atoms with Crippen LogP contribution in [0.5, 0.6) is 0 Å². The summed E-state index contributed by atoms with van der Waals surface area (Å²) in [5.74, 6) is 1.95. The highest BCUT2D eigenvalue weighted by Gasteiger charge is 2.20. The number of hydrogen-bond acceptors (Lipinski definition) is 2. The summed E-state index contributed by atoms with van der Waals surface area (Å²) in [6.07, 6.45) is 8.81. The smallest absolute Gasteiger partial charge is 0.0491 e. The van der Waals surface area contributed by atoms with Gasteiger partial charge in [0.2, 0.25) is 0 Å². The summed E-state index contributed by atoms with van der Waals surface area (Å²) >= 11 is 0. The molecule has 326 valence electrons. The maximum atomic E-state index is 2.42. The SMILES string of the molecule is Cc1cc(C(C)C)ccc1N(c1ccc(C=Cc2ccc(C=Cc3ccc(N(c4ccc(C(C)C)cc4C)c4ccc(C(C)C)cc4C)cc3)cc2)cc1)c1ccc(C(C)C)cc1C. The lowest BCUT2D eigenvalue weighted by molar-refractivity contribution is 0.863. The van der Waals surface area contributed by atoms with Crippen LogP contribution in [0.25, 0.3) is 24.3 Å². The fourth-order valence-corrected chi connectivity index (χ4v) is 8.54. The van der Waals surface area contributed by atoms with Gasteiger partial charge in [-0.3, -0.25) is 0 Å². The van der Waals surface area contributed by atoms with Gasteiger partial charge in [-0.1, -0.05) is 177 Å². The van der Waals surface area contributed by atoms with Gasteiger partial charge < -0.3 is 9.80 Å². The third-order valence-electron chi connectivity index (χ3n) is 12.7. The van der Waals surface area contributed by atoms with Crippen LogP contribution in [0.1, 0.15) is 146 Å². The van der Waals surface area contributed by atoms with Crippen molar-refractivity contribution in [1.29, 1.82) is 0 Å². The van der Waals surface area contributed by atoms with Crippen LogP contribution in [-0.4, -0.2) is 0 Å². The van der Waals surface area contributed by atoms with Crippen molar-refractivity contribution < 1.29 is 0 Å². The van der Waals surface area contributed by atoms with Gasteiger partial charge >= 0.3 is 0 Å². The van der Waals surface area contributed by atoms with Crippen LogP contribution in [0, 0.1) is 27.7 Å². The third-order valence-corrected chi connectivity index (χ3v) is 12.7. The van der Waals surface area contributed by atoms with Gasteiger partial charge in [0, 0.05) is 34.1 Å². The molecule has 7 aromatic carbocycles. The van der Waals surface area contributed by atoms with Gasteiger partial charge in [0.15, 0.2) is 0 Å². The lowest BCUT2D eigenvalue weighted by Crippen LogP contribution is -2.13. The van der Waals surface area contributed by atoms with E-state index in [0.717, 1.165) is 11.4 Å². The Morgan fingerprint density at radius 1 is 0.281 bits per heavy atom. The second kappa shape index (κ2) is 20.0. The zero-order chi connectivity index (χ0) is 45.7. The topological polar surface area (TPSA) is 6.48 Å². The number of hydrogen-bond donors (Lipinski definition) is 0. The molecule has 0 aliphatic rings. The monoisotopic (exact) mass is 841 g/mol. The van der Waals surface area contributed by atoms with Crippen molar-refractivity contribution in [3.05, 3.63) is 212 Å². The van der Waals surface area contributed by atoms with Gasteiger partial charge in [-0.15, -0.1) is 0 Å². The van der Waals surface area contributed by atoms with E-state index in [2.05, 4.69) is 263 Å². The molecule has 0 bridgehead atoms. The predicted octanol–water partition coefficient (Wildman–Crippen LogP) is 18.7. The van der Waals surface area contributed by atoms with Crippen molar-refractivity contribution in [2.45, 2.75) is 107 Å². The van der Waals surface area contributed by atoms with Crippen LogP contribution in [0.15, 0.2) is 146 Å². The van der Waals surface area contributed by atoms with E-state index in [9.17, 15) is 0 Å². The van der Waals surface area contributed by atoms with E-state index in [1.807, 2.05) is 0 Å². The Balaban J connectivity index is 1.07. The highest BCUT2D eigenvalue weighted by atomic mass is 15.2. The second-order valence-corrected chi connectivity index (χ2v) is 19.0. The van der Waals surface area contributed by atoms with Crippen LogP contribution in [0.3, 0.4) is 0 Å². The summed E-state index contributed by atoms with van der Waals surface area (Å²) in [6.45, 7) is 27.0. The average Bonchev–Trinajstić information content (AvgIpc) is 3.28. The summed E-state index contributed by atoms with van der Waals surface area (Å²) in [7, 11) is 0. The molecule has 0 aliphatic heterocycles. The summed E-state index contributed by atoms with van der Waals surface area (Å²) in [6, 6.07) is 54.4. The Morgan fingerprint density at radius 2 is 0.484 bits per heavy atom. The minimum Gasteiger partial charge on any atom is -0.310 e. The van der Waals surface area contributed by atoms with E-state index < -0.39 is 0 Å². The Kier molecular flexibility index (Phi) is 14.3. The molecule has 2 nitrogen and oxygen atoms in total. The second-order valence-electron chi connectivity index (χ2n) is 19.0. The number of aryl methyl sites for hydroxylation is 4. The van der Waals surface area contributed by atoms with Crippen molar-refractivity contribution in [1.82, 2.24) is 0 Å². The first-order valence-electron chi connectivity index (χ1n) is 23.4. The molecule has 7 rings (SSSR count). The maximum absolute atomic E-state index is 2.42. The molecule has 2 heteroatoms. The minimum atomic E-state index is 0.486. The number of rotatable bonds is 14. The van der Waals surface area contributed by atoms with Crippen LogP contribution >= 0.6 is 0 Å². The molecular formula is C62H68N2. The van der Waals surface area contributed by atoms with E-state index in [4.69, 9.17) is 0 Å². The summed E-state index contributed by atoms with van der Waals surface area (Å²) in [4.78, 5) is 4.84. The fraction of sp³-hybridized carbons (Fsp3) is 0.258. The summed E-state index contributed by atoms with van der Waals surface area (Å²) in [5.41, 5.74) is 22.4. The zero-order valence-electron chi connectivity index (χ0n) is 40.4. The van der Waals surface area contributed by atoms with Gasteiger partial charge in [-0.25, -0.2) is 0 Å². The standard InChI is InChI=1S/C62H68N2/c1-41(2)53-25-33-59(45(9)37-53)63(60-34-26-54(42(3)4)38-46(60)10)57-29-21-51(22-30-57)19-17-49-13-15-50(16-14-49)18-20-52-23-31-58(32-24-52)64(61-35-27-55(43(5)6)39-47(61)11)62-36-28-56(44(7)8)40-48(62)12/h13-44H,1-12H3. The van der Waals surface area contributed by atoms with Gasteiger partial charge in [0.1, 0.15) is 0 Å². The molecule has 0 fully saturated rings. The van der Waals surface area contributed by atoms with Crippen molar-refractivity contribution in [3.8, 4) is 0 Å². The van der Waals surface area contributed by atoms with E-state index in [1.165, 1.54) is 89.5 Å². The van der Waals surface area contributed by atoms with Crippen molar-refractivity contribution in [3.63, 3.8) is 0 Å². The Morgan fingerprint density at radius 3 is 0.672 bits per heavy atom. The first-order valence-corrected chi connectivity index (χ1v) is 23.4. The minimum absolute atomic E-state index is 0.486. The Hall–Kier alpha value is -6.38. The van der Waals surface area contributed by atoms with Gasteiger partial charge in [0.05, 0.1) is 0 Å². The van der Waals surface area contributed by atoms with E-state index in [0.29, 0.717) is 23.7 Å². The number of nitrogens with zero attached hydrogens (tertiary/aromatic N) is 2. The van der Waals surface area contributed by atoms with E-state index in [-0.39, 0.29) is 0 Å². The average molecular weight is 841 g/mol. The molecule has 0 N–H and O–H groups in total. The molecule has 0 aliphatic carbocycles. The first kappa shape index (κ1) is 45.6. The van der Waals surface area contributed by atoms with Crippen LogP contribution < -0.4 is 9.80 Å². The fourth-order valence-electron chi connectivity index (χ4n) is 8.54. The lowest BCUT2D eigenvalue weighted by Gasteiger charge is -2.29.